The van der Waals surface area contributed by atoms with Crippen LogP contribution in [-0.2, 0) is 13.1 Å². The Morgan fingerprint density at radius 1 is 1.00 bits per heavy atom. The molecule has 0 fully saturated rings. The van der Waals surface area contributed by atoms with Crippen molar-refractivity contribution in [3.05, 3.63) is 71.3 Å². The number of hydrogen-bond donors (Lipinski definition) is 1. The van der Waals surface area contributed by atoms with Crippen LogP contribution in [-0.4, -0.2) is 16.9 Å². The Kier molecular flexibility index (Phi) is 4.66. The summed E-state index contributed by atoms with van der Waals surface area (Å²) in [6.07, 6.45) is 0. The monoisotopic (exact) mass is 270 g/mol. The summed E-state index contributed by atoms with van der Waals surface area (Å²) in [5, 5.41) is 0. The van der Waals surface area contributed by atoms with Crippen LogP contribution in [0.3, 0.4) is 0 Å². The average Bonchev–Trinajstić information content (AvgIpc) is 2.40. The van der Waals surface area contributed by atoms with E-state index in [0.717, 1.165) is 18.7 Å². The number of thiocarbonyl (C=S) groups is 1. The molecule has 2 aromatic rings. The summed E-state index contributed by atoms with van der Waals surface area (Å²) in [5.74, 6) is 0. The first-order valence-electron chi connectivity index (χ1n) is 6.27. The van der Waals surface area contributed by atoms with Gasteiger partial charge in [0, 0.05) is 18.7 Å². The molecule has 0 radical (unpaired) electrons. The molecule has 0 spiro atoms. The van der Waals surface area contributed by atoms with E-state index in [9.17, 15) is 0 Å². The summed E-state index contributed by atoms with van der Waals surface area (Å²) < 4.78 is 0. The van der Waals surface area contributed by atoms with Crippen molar-refractivity contribution in [1.82, 2.24) is 4.90 Å². The Bertz CT molecular complexity index is 552. The highest BCUT2D eigenvalue weighted by Gasteiger charge is 2.07. The van der Waals surface area contributed by atoms with Crippen LogP contribution in [0.4, 0.5) is 0 Å². The Morgan fingerprint density at radius 2 is 1.63 bits per heavy atom. The van der Waals surface area contributed by atoms with E-state index in [1.165, 1.54) is 11.1 Å². The molecule has 2 aromatic carbocycles. The zero-order valence-corrected chi connectivity index (χ0v) is 11.9. The second-order valence-corrected chi connectivity index (χ2v) is 5.12. The van der Waals surface area contributed by atoms with Crippen molar-refractivity contribution in [2.45, 2.75) is 13.1 Å². The van der Waals surface area contributed by atoms with E-state index in [1.54, 1.807) is 0 Å². The van der Waals surface area contributed by atoms with Gasteiger partial charge in [-0.15, -0.1) is 0 Å². The number of nitrogens with two attached hydrogens (primary N) is 1. The first-order valence-corrected chi connectivity index (χ1v) is 6.68. The van der Waals surface area contributed by atoms with Crippen LogP contribution >= 0.6 is 12.2 Å². The lowest BCUT2D eigenvalue weighted by Crippen LogP contribution is -2.20. The molecule has 0 bridgehead atoms. The minimum atomic E-state index is 0.462. The molecule has 0 aliphatic carbocycles. The summed E-state index contributed by atoms with van der Waals surface area (Å²) in [4.78, 5) is 2.72. The van der Waals surface area contributed by atoms with Gasteiger partial charge in [0.15, 0.2) is 0 Å². The molecule has 0 aromatic heterocycles. The van der Waals surface area contributed by atoms with Gasteiger partial charge in [-0.3, -0.25) is 4.90 Å². The van der Waals surface area contributed by atoms with Gasteiger partial charge < -0.3 is 5.73 Å². The Balaban J connectivity index is 2.07. The highest BCUT2D eigenvalue weighted by molar-refractivity contribution is 7.80. The van der Waals surface area contributed by atoms with Crippen molar-refractivity contribution in [3.8, 4) is 0 Å². The lowest BCUT2D eigenvalue weighted by molar-refractivity contribution is 0.319. The first kappa shape index (κ1) is 13.7. The molecule has 0 unspecified atom stereocenters. The maximum atomic E-state index is 5.76. The van der Waals surface area contributed by atoms with Crippen molar-refractivity contribution in [2.75, 3.05) is 7.05 Å². The number of benzene rings is 2. The number of nitrogens with zero attached hydrogens (tertiary/aromatic N) is 1. The lowest BCUT2D eigenvalue weighted by atomic mass is 10.1. The molecule has 0 aliphatic heterocycles. The molecule has 2 N–H and O–H groups in total. The maximum Gasteiger partial charge on any atom is 0.104 e. The van der Waals surface area contributed by atoms with Crippen molar-refractivity contribution < 1.29 is 0 Å². The van der Waals surface area contributed by atoms with E-state index in [1.807, 2.05) is 24.3 Å². The van der Waals surface area contributed by atoms with Crippen LogP contribution in [0.1, 0.15) is 16.7 Å². The van der Waals surface area contributed by atoms with Crippen molar-refractivity contribution in [2.24, 2.45) is 5.73 Å². The highest BCUT2D eigenvalue weighted by atomic mass is 32.1. The molecule has 0 aliphatic rings. The summed E-state index contributed by atoms with van der Waals surface area (Å²) >= 11 is 5.09. The largest absolute Gasteiger partial charge is 0.389 e. The van der Waals surface area contributed by atoms with E-state index in [4.69, 9.17) is 18.0 Å². The average molecular weight is 270 g/mol. The van der Waals surface area contributed by atoms with Crippen LogP contribution in [0.15, 0.2) is 54.6 Å². The van der Waals surface area contributed by atoms with Crippen LogP contribution in [0.2, 0.25) is 0 Å². The summed E-state index contributed by atoms with van der Waals surface area (Å²) in [7, 11) is 2.10. The van der Waals surface area contributed by atoms with Gasteiger partial charge in [0.1, 0.15) is 4.99 Å². The van der Waals surface area contributed by atoms with E-state index in [-0.39, 0.29) is 0 Å². The fourth-order valence-electron chi connectivity index (χ4n) is 2.14. The summed E-state index contributed by atoms with van der Waals surface area (Å²) in [6.45, 7) is 1.74. The summed E-state index contributed by atoms with van der Waals surface area (Å²) in [6, 6.07) is 18.5. The molecule has 3 heteroatoms. The van der Waals surface area contributed by atoms with Gasteiger partial charge in [-0.05, 0) is 18.2 Å². The topological polar surface area (TPSA) is 29.3 Å². The molecular formula is C16H18N2S. The smallest absolute Gasteiger partial charge is 0.104 e. The second-order valence-electron chi connectivity index (χ2n) is 4.68. The number of rotatable bonds is 5. The SMILES string of the molecule is CN(Cc1ccccc1)Cc1ccccc1C(N)=S. The van der Waals surface area contributed by atoms with Crippen molar-refractivity contribution in [3.63, 3.8) is 0 Å². The molecule has 19 heavy (non-hydrogen) atoms. The second kappa shape index (κ2) is 6.45. The Labute approximate surface area is 119 Å². The molecule has 2 nitrogen and oxygen atoms in total. The molecule has 2 rings (SSSR count). The quantitative estimate of drug-likeness (QED) is 0.847. The predicted molar refractivity (Wildman–Crippen MR) is 83.9 cm³/mol. The predicted octanol–water partition coefficient (Wildman–Crippen LogP) is 2.95. The fourth-order valence-corrected chi connectivity index (χ4v) is 2.34. The van der Waals surface area contributed by atoms with Gasteiger partial charge in [0.25, 0.3) is 0 Å². The third-order valence-corrected chi connectivity index (χ3v) is 3.24. The van der Waals surface area contributed by atoms with Crippen LogP contribution < -0.4 is 5.73 Å². The van der Waals surface area contributed by atoms with Gasteiger partial charge in [-0.1, -0.05) is 66.8 Å². The molecule has 98 valence electrons. The van der Waals surface area contributed by atoms with Gasteiger partial charge in [-0.25, -0.2) is 0 Å². The van der Waals surface area contributed by atoms with E-state index in [0.29, 0.717) is 4.99 Å². The van der Waals surface area contributed by atoms with Crippen molar-refractivity contribution >= 4 is 17.2 Å². The van der Waals surface area contributed by atoms with Gasteiger partial charge in [0.05, 0.1) is 0 Å². The van der Waals surface area contributed by atoms with Gasteiger partial charge in [0.2, 0.25) is 0 Å². The van der Waals surface area contributed by atoms with E-state index in [2.05, 4.69) is 42.3 Å². The first-order chi connectivity index (χ1) is 9.16. The zero-order valence-electron chi connectivity index (χ0n) is 11.0. The Hall–Kier alpha value is -1.71. The normalized spacial score (nSPS) is 10.6. The molecule has 0 saturated heterocycles. The third-order valence-electron chi connectivity index (χ3n) is 3.02. The zero-order chi connectivity index (χ0) is 13.7. The fraction of sp³-hybridized carbons (Fsp3) is 0.188. The summed E-state index contributed by atoms with van der Waals surface area (Å²) in [5.41, 5.74) is 9.20. The molecule has 0 heterocycles. The minimum absolute atomic E-state index is 0.462. The minimum Gasteiger partial charge on any atom is -0.389 e. The van der Waals surface area contributed by atoms with Crippen LogP contribution in [0.5, 0.6) is 0 Å². The van der Waals surface area contributed by atoms with Gasteiger partial charge >= 0.3 is 0 Å². The Morgan fingerprint density at radius 3 is 2.32 bits per heavy atom. The van der Waals surface area contributed by atoms with E-state index >= 15 is 0 Å². The maximum absolute atomic E-state index is 5.76. The molecule has 0 saturated carbocycles. The van der Waals surface area contributed by atoms with Gasteiger partial charge in [-0.2, -0.15) is 0 Å². The van der Waals surface area contributed by atoms with Crippen molar-refractivity contribution in [1.29, 1.82) is 0 Å². The lowest BCUT2D eigenvalue weighted by Gasteiger charge is -2.18. The molecule has 0 atom stereocenters. The number of hydrogen-bond acceptors (Lipinski definition) is 2. The standard InChI is InChI=1S/C16H18N2S/c1-18(11-13-7-3-2-4-8-13)12-14-9-5-6-10-15(14)16(17)19/h2-10H,11-12H2,1H3,(H2,17,19). The van der Waals surface area contributed by atoms with Crippen LogP contribution in [0.25, 0.3) is 0 Å². The third kappa shape index (κ3) is 3.88. The highest BCUT2D eigenvalue weighted by Crippen LogP contribution is 2.13. The van der Waals surface area contributed by atoms with E-state index < -0.39 is 0 Å². The molecular weight excluding hydrogens is 252 g/mol. The van der Waals surface area contributed by atoms with Crippen LogP contribution in [0, 0.1) is 0 Å². The molecule has 0 amide bonds.